The standard InChI is InChI=1S/C20H18Cl2N2O3/c1-23(12-14-6-7-15(21)11-17(14)22)18(25)8-9-24-19(26)10-13-4-2-3-5-16(13)20(24)27/h2-7,11H,8-10,12H2,1H3. The van der Waals surface area contributed by atoms with E-state index in [1.165, 1.54) is 4.90 Å². The van der Waals surface area contributed by atoms with Crippen LogP contribution in [0.5, 0.6) is 0 Å². The maximum Gasteiger partial charge on any atom is 0.260 e. The zero-order valence-electron chi connectivity index (χ0n) is 14.7. The van der Waals surface area contributed by atoms with Crippen LogP contribution in [0.15, 0.2) is 42.5 Å². The Morgan fingerprint density at radius 2 is 1.89 bits per heavy atom. The normalized spacial score (nSPS) is 13.5. The van der Waals surface area contributed by atoms with Crippen molar-refractivity contribution in [2.45, 2.75) is 19.4 Å². The summed E-state index contributed by atoms with van der Waals surface area (Å²) in [7, 11) is 1.66. The highest BCUT2D eigenvalue weighted by Crippen LogP contribution is 2.23. The number of rotatable bonds is 5. The van der Waals surface area contributed by atoms with Crippen molar-refractivity contribution in [3.8, 4) is 0 Å². The summed E-state index contributed by atoms with van der Waals surface area (Å²) in [4.78, 5) is 39.9. The number of carbonyl (C=O) groups excluding carboxylic acids is 3. The van der Waals surface area contributed by atoms with Crippen molar-refractivity contribution in [2.75, 3.05) is 13.6 Å². The zero-order valence-corrected chi connectivity index (χ0v) is 16.3. The van der Waals surface area contributed by atoms with E-state index in [4.69, 9.17) is 23.2 Å². The van der Waals surface area contributed by atoms with Gasteiger partial charge in [0.1, 0.15) is 0 Å². The molecule has 0 saturated heterocycles. The second kappa shape index (κ2) is 8.11. The number of nitrogens with zero attached hydrogens (tertiary/aromatic N) is 2. The number of amides is 3. The highest BCUT2D eigenvalue weighted by atomic mass is 35.5. The van der Waals surface area contributed by atoms with Gasteiger partial charge in [-0.2, -0.15) is 0 Å². The number of imide groups is 1. The van der Waals surface area contributed by atoms with E-state index >= 15 is 0 Å². The molecule has 0 saturated carbocycles. The van der Waals surface area contributed by atoms with Gasteiger partial charge in [-0.25, -0.2) is 0 Å². The summed E-state index contributed by atoms with van der Waals surface area (Å²) in [6.07, 6.45) is 0.230. The van der Waals surface area contributed by atoms with Gasteiger partial charge >= 0.3 is 0 Å². The van der Waals surface area contributed by atoms with Crippen molar-refractivity contribution in [3.05, 3.63) is 69.2 Å². The fraction of sp³-hybridized carbons (Fsp3) is 0.250. The Morgan fingerprint density at radius 1 is 1.15 bits per heavy atom. The number of carbonyl (C=O) groups is 3. The van der Waals surface area contributed by atoms with Crippen LogP contribution in [0.25, 0.3) is 0 Å². The largest absolute Gasteiger partial charge is 0.341 e. The van der Waals surface area contributed by atoms with Crippen molar-refractivity contribution in [3.63, 3.8) is 0 Å². The van der Waals surface area contributed by atoms with Crippen LogP contribution in [0, 0.1) is 0 Å². The Kier molecular flexibility index (Phi) is 5.82. The minimum Gasteiger partial charge on any atom is -0.341 e. The van der Waals surface area contributed by atoms with E-state index in [-0.39, 0.29) is 37.1 Å². The van der Waals surface area contributed by atoms with Crippen molar-refractivity contribution >= 4 is 40.9 Å². The first kappa shape index (κ1) is 19.4. The highest BCUT2D eigenvalue weighted by molar-refractivity contribution is 6.35. The molecular formula is C20H18Cl2N2O3. The monoisotopic (exact) mass is 404 g/mol. The minimum absolute atomic E-state index is 0.0569. The van der Waals surface area contributed by atoms with Gasteiger partial charge in [0.05, 0.1) is 6.42 Å². The Bertz CT molecular complexity index is 914. The van der Waals surface area contributed by atoms with E-state index in [1.807, 2.05) is 0 Å². The number of benzene rings is 2. The zero-order chi connectivity index (χ0) is 19.6. The molecule has 1 heterocycles. The fourth-order valence-corrected chi connectivity index (χ4v) is 3.49. The smallest absolute Gasteiger partial charge is 0.260 e. The molecule has 0 bridgehead atoms. The molecule has 3 rings (SSSR count). The lowest BCUT2D eigenvalue weighted by atomic mass is 9.98. The van der Waals surface area contributed by atoms with Crippen molar-refractivity contribution in [2.24, 2.45) is 0 Å². The van der Waals surface area contributed by atoms with Crippen molar-refractivity contribution < 1.29 is 14.4 Å². The van der Waals surface area contributed by atoms with Gasteiger partial charge < -0.3 is 4.90 Å². The maximum absolute atomic E-state index is 12.5. The third-order valence-corrected chi connectivity index (χ3v) is 5.12. The van der Waals surface area contributed by atoms with Gasteiger partial charge in [-0.05, 0) is 29.3 Å². The average molecular weight is 405 g/mol. The van der Waals surface area contributed by atoms with Gasteiger partial charge in [0.25, 0.3) is 5.91 Å². The van der Waals surface area contributed by atoms with Crippen molar-refractivity contribution in [1.29, 1.82) is 0 Å². The van der Waals surface area contributed by atoms with Crippen LogP contribution in [-0.4, -0.2) is 41.1 Å². The molecule has 3 amide bonds. The quantitative estimate of drug-likeness (QED) is 0.715. The number of fused-ring (bicyclic) bond motifs is 1. The van der Waals surface area contributed by atoms with E-state index in [1.54, 1.807) is 49.5 Å². The van der Waals surface area contributed by atoms with E-state index in [0.717, 1.165) is 16.0 Å². The van der Waals surface area contributed by atoms with E-state index in [9.17, 15) is 14.4 Å². The molecule has 0 fully saturated rings. The Labute approximate surface area is 167 Å². The Morgan fingerprint density at radius 3 is 2.63 bits per heavy atom. The fourth-order valence-electron chi connectivity index (χ4n) is 3.02. The average Bonchev–Trinajstić information content (AvgIpc) is 2.63. The number of hydrogen-bond donors (Lipinski definition) is 0. The van der Waals surface area contributed by atoms with Crippen LogP contribution in [0.4, 0.5) is 0 Å². The van der Waals surface area contributed by atoms with Gasteiger partial charge in [0.15, 0.2) is 0 Å². The van der Waals surface area contributed by atoms with Crippen LogP contribution in [0.3, 0.4) is 0 Å². The molecule has 0 atom stereocenters. The third kappa shape index (κ3) is 4.31. The Balaban J connectivity index is 1.61. The van der Waals surface area contributed by atoms with E-state index in [0.29, 0.717) is 22.2 Å². The first-order valence-corrected chi connectivity index (χ1v) is 9.23. The second-order valence-corrected chi connectivity index (χ2v) is 7.26. The van der Waals surface area contributed by atoms with Gasteiger partial charge in [-0.15, -0.1) is 0 Å². The van der Waals surface area contributed by atoms with Crippen LogP contribution in [0.2, 0.25) is 10.0 Å². The number of hydrogen-bond acceptors (Lipinski definition) is 3. The molecule has 5 nitrogen and oxygen atoms in total. The summed E-state index contributed by atoms with van der Waals surface area (Å²) in [5.41, 5.74) is 2.02. The van der Waals surface area contributed by atoms with E-state index < -0.39 is 0 Å². The Hall–Kier alpha value is -2.37. The predicted molar refractivity (Wildman–Crippen MR) is 104 cm³/mol. The molecule has 0 N–H and O–H groups in total. The lowest BCUT2D eigenvalue weighted by molar-refractivity contribution is -0.132. The molecule has 0 aromatic heterocycles. The molecule has 0 radical (unpaired) electrons. The van der Waals surface area contributed by atoms with Gasteiger partial charge in [-0.1, -0.05) is 47.5 Å². The lowest BCUT2D eigenvalue weighted by Gasteiger charge is -2.27. The first-order chi connectivity index (χ1) is 12.9. The molecule has 0 unspecified atom stereocenters. The lowest BCUT2D eigenvalue weighted by Crippen LogP contribution is -2.44. The summed E-state index contributed by atoms with van der Waals surface area (Å²) >= 11 is 12.0. The molecule has 2 aromatic carbocycles. The predicted octanol–water partition coefficient (Wildman–Crippen LogP) is 3.57. The topological polar surface area (TPSA) is 57.7 Å². The molecule has 2 aromatic rings. The molecule has 1 aliphatic rings. The summed E-state index contributed by atoms with van der Waals surface area (Å²) in [5, 5.41) is 1.01. The van der Waals surface area contributed by atoms with Gasteiger partial charge in [0, 0.05) is 42.2 Å². The summed E-state index contributed by atoms with van der Waals surface area (Å²) < 4.78 is 0. The van der Waals surface area contributed by atoms with Crippen molar-refractivity contribution in [1.82, 2.24) is 9.80 Å². The molecule has 0 aliphatic carbocycles. The second-order valence-electron chi connectivity index (χ2n) is 6.42. The molecule has 27 heavy (non-hydrogen) atoms. The van der Waals surface area contributed by atoms with Gasteiger partial charge in [-0.3, -0.25) is 19.3 Å². The first-order valence-electron chi connectivity index (χ1n) is 8.47. The maximum atomic E-state index is 12.5. The van der Waals surface area contributed by atoms with Gasteiger partial charge in [0.2, 0.25) is 11.8 Å². The van der Waals surface area contributed by atoms with Crippen LogP contribution < -0.4 is 0 Å². The highest BCUT2D eigenvalue weighted by Gasteiger charge is 2.30. The minimum atomic E-state index is -0.349. The van der Waals surface area contributed by atoms with E-state index in [2.05, 4.69) is 0 Å². The molecular weight excluding hydrogens is 387 g/mol. The van der Waals surface area contributed by atoms with Crippen LogP contribution in [-0.2, 0) is 22.6 Å². The van der Waals surface area contributed by atoms with Crippen LogP contribution >= 0.6 is 23.2 Å². The SMILES string of the molecule is CN(Cc1ccc(Cl)cc1Cl)C(=O)CCN1C(=O)Cc2ccccc2C1=O. The summed E-state index contributed by atoms with van der Waals surface area (Å²) in [5.74, 6) is -0.812. The third-order valence-electron chi connectivity index (χ3n) is 4.53. The summed E-state index contributed by atoms with van der Waals surface area (Å²) in [6, 6.07) is 12.1. The molecule has 1 aliphatic heterocycles. The van der Waals surface area contributed by atoms with Crippen LogP contribution in [0.1, 0.15) is 27.9 Å². The molecule has 7 heteroatoms. The molecule has 0 spiro atoms. The molecule has 140 valence electrons. The number of halogens is 2. The summed E-state index contributed by atoms with van der Waals surface area (Å²) in [6.45, 7) is 0.378.